The molecule has 1 atom stereocenters. The van der Waals surface area contributed by atoms with Crippen molar-refractivity contribution < 1.29 is 22.9 Å². The first-order valence-corrected chi connectivity index (χ1v) is 11.9. The highest BCUT2D eigenvalue weighted by molar-refractivity contribution is 7.89. The second-order valence-electron chi connectivity index (χ2n) is 8.57. The quantitative estimate of drug-likeness (QED) is 0.324. The van der Waals surface area contributed by atoms with Gasteiger partial charge in [0.05, 0.1) is 9.82 Å². The van der Waals surface area contributed by atoms with Crippen LogP contribution < -0.4 is 4.72 Å². The van der Waals surface area contributed by atoms with Crippen LogP contribution in [0, 0.1) is 16.0 Å². The van der Waals surface area contributed by atoms with Crippen molar-refractivity contribution in [1.82, 2.24) is 4.72 Å². The number of sulfonamides is 1. The SMILES string of the molecule is CC(C)C(NS(=O)(=O)c1ccc2c(c1)sc1cc([N+](=O)[O-])ccc12)C(=O)OC(C)(C)C. The number of nitro benzene ring substituents is 1. The molecule has 166 valence electrons. The summed E-state index contributed by atoms with van der Waals surface area (Å²) < 4.78 is 35.2. The molecular formula is C21H24N2O6S2. The van der Waals surface area contributed by atoms with E-state index in [1.54, 1.807) is 46.8 Å². The highest BCUT2D eigenvalue weighted by Crippen LogP contribution is 2.37. The first kappa shape index (κ1) is 23.1. The maximum Gasteiger partial charge on any atom is 0.324 e. The molecule has 1 aromatic heterocycles. The molecular weight excluding hydrogens is 440 g/mol. The largest absolute Gasteiger partial charge is 0.459 e. The second kappa shape index (κ2) is 8.18. The lowest BCUT2D eigenvalue weighted by atomic mass is 10.1. The van der Waals surface area contributed by atoms with Crippen LogP contribution in [0.25, 0.3) is 20.2 Å². The summed E-state index contributed by atoms with van der Waals surface area (Å²) in [7, 11) is -4.01. The van der Waals surface area contributed by atoms with Gasteiger partial charge in [-0.1, -0.05) is 19.9 Å². The van der Waals surface area contributed by atoms with E-state index in [0.29, 0.717) is 9.40 Å². The molecule has 0 bridgehead atoms. The summed E-state index contributed by atoms with van der Waals surface area (Å²) in [4.78, 5) is 23.1. The van der Waals surface area contributed by atoms with Gasteiger partial charge < -0.3 is 4.74 Å². The van der Waals surface area contributed by atoms with Crippen LogP contribution in [0.5, 0.6) is 0 Å². The van der Waals surface area contributed by atoms with Crippen LogP contribution in [0.3, 0.4) is 0 Å². The summed E-state index contributed by atoms with van der Waals surface area (Å²) in [6.45, 7) is 8.63. The first-order valence-electron chi connectivity index (χ1n) is 9.64. The Hall–Kier alpha value is -2.56. The molecule has 31 heavy (non-hydrogen) atoms. The molecule has 3 rings (SSSR count). The molecule has 1 heterocycles. The van der Waals surface area contributed by atoms with Crippen LogP contribution in [0.15, 0.2) is 41.3 Å². The van der Waals surface area contributed by atoms with E-state index in [9.17, 15) is 23.3 Å². The fraction of sp³-hybridized carbons (Fsp3) is 0.381. The third kappa shape index (κ3) is 5.03. The molecule has 1 unspecified atom stereocenters. The molecule has 0 aliphatic rings. The number of nitro groups is 1. The van der Waals surface area contributed by atoms with E-state index in [0.717, 1.165) is 10.8 Å². The number of carbonyl (C=O) groups is 1. The number of esters is 1. The van der Waals surface area contributed by atoms with Gasteiger partial charge in [-0.3, -0.25) is 14.9 Å². The van der Waals surface area contributed by atoms with Crippen LogP contribution in [-0.2, 0) is 19.6 Å². The molecule has 0 aliphatic carbocycles. The fourth-order valence-corrected chi connectivity index (χ4v) is 5.70. The number of non-ortho nitro benzene ring substituents is 1. The minimum absolute atomic E-state index is 0.00950. The van der Waals surface area contributed by atoms with Crippen LogP contribution >= 0.6 is 11.3 Å². The topological polar surface area (TPSA) is 116 Å². The maximum absolute atomic E-state index is 13.0. The Morgan fingerprint density at radius 3 is 2.23 bits per heavy atom. The van der Waals surface area contributed by atoms with Crippen LogP contribution in [0.4, 0.5) is 5.69 Å². The zero-order chi connectivity index (χ0) is 23.1. The lowest BCUT2D eigenvalue weighted by Crippen LogP contribution is -2.47. The van der Waals surface area contributed by atoms with Crippen LogP contribution in [-0.4, -0.2) is 31.0 Å². The van der Waals surface area contributed by atoms with Gasteiger partial charge in [-0.15, -0.1) is 11.3 Å². The number of rotatable bonds is 6. The molecule has 0 fully saturated rings. The number of carbonyl (C=O) groups excluding carboxylic acids is 1. The molecule has 0 radical (unpaired) electrons. The van der Waals surface area contributed by atoms with E-state index in [1.807, 2.05) is 0 Å². The van der Waals surface area contributed by atoms with E-state index in [1.165, 1.54) is 35.6 Å². The number of benzene rings is 2. The molecule has 0 saturated carbocycles. The maximum atomic E-state index is 13.0. The monoisotopic (exact) mass is 464 g/mol. The van der Waals surface area contributed by atoms with Gasteiger partial charge in [0.15, 0.2) is 0 Å². The van der Waals surface area contributed by atoms with Crippen molar-refractivity contribution in [2.24, 2.45) is 5.92 Å². The molecule has 0 saturated heterocycles. The molecule has 0 aliphatic heterocycles. The Bertz CT molecular complexity index is 1270. The normalized spacial score (nSPS) is 13.6. The summed E-state index contributed by atoms with van der Waals surface area (Å²) in [6.07, 6.45) is 0. The second-order valence-corrected chi connectivity index (χ2v) is 11.4. The Labute approximate surface area is 184 Å². The van der Waals surface area contributed by atoms with Crippen molar-refractivity contribution in [1.29, 1.82) is 0 Å². The summed E-state index contributed by atoms with van der Waals surface area (Å²) in [6, 6.07) is 8.18. The third-order valence-corrected chi connectivity index (χ3v) is 7.11. The number of thiophene rings is 1. The summed E-state index contributed by atoms with van der Waals surface area (Å²) in [5.74, 6) is -0.959. The Morgan fingerprint density at radius 1 is 1.10 bits per heavy atom. The van der Waals surface area contributed by atoms with Crippen molar-refractivity contribution >= 4 is 53.2 Å². The van der Waals surface area contributed by atoms with Crippen molar-refractivity contribution in [3.05, 3.63) is 46.5 Å². The van der Waals surface area contributed by atoms with E-state index in [4.69, 9.17) is 4.74 Å². The molecule has 2 aromatic carbocycles. The Balaban J connectivity index is 1.97. The van der Waals surface area contributed by atoms with Crippen molar-refractivity contribution in [2.45, 2.75) is 51.2 Å². The molecule has 3 aromatic rings. The van der Waals surface area contributed by atoms with Gasteiger partial charge in [-0.25, -0.2) is 8.42 Å². The number of hydrogen-bond donors (Lipinski definition) is 1. The number of fused-ring (bicyclic) bond motifs is 3. The number of nitrogens with zero attached hydrogens (tertiary/aromatic N) is 1. The van der Waals surface area contributed by atoms with Crippen LogP contribution in [0.2, 0.25) is 0 Å². The van der Waals surface area contributed by atoms with Crippen molar-refractivity contribution in [2.75, 3.05) is 0 Å². The van der Waals surface area contributed by atoms with Gasteiger partial charge in [-0.05, 0) is 44.9 Å². The average Bonchev–Trinajstić information content (AvgIpc) is 3.01. The van der Waals surface area contributed by atoms with Crippen molar-refractivity contribution in [3.8, 4) is 0 Å². The predicted octanol–water partition coefficient (Wildman–Crippen LogP) is 4.61. The predicted molar refractivity (Wildman–Crippen MR) is 121 cm³/mol. The van der Waals surface area contributed by atoms with E-state index < -0.39 is 32.6 Å². The van der Waals surface area contributed by atoms with Gasteiger partial charge in [-0.2, -0.15) is 4.72 Å². The van der Waals surface area contributed by atoms with Crippen molar-refractivity contribution in [3.63, 3.8) is 0 Å². The third-order valence-electron chi connectivity index (χ3n) is 4.56. The Morgan fingerprint density at radius 2 is 1.68 bits per heavy atom. The molecule has 8 nitrogen and oxygen atoms in total. The number of hydrogen-bond acceptors (Lipinski definition) is 7. The lowest BCUT2D eigenvalue weighted by molar-refractivity contribution is -0.384. The Kier molecular flexibility index (Phi) is 6.09. The minimum Gasteiger partial charge on any atom is -0.459 e. The fourth-order valence-electron chi connectivity index (χ4n) is 3.08. The van der Waals surface area contributed by atoms with Gasteiger partial charge in [0.25, 0.3) is 5.69 Å². The zero-order valence-corrected chi connectivity index (χ0v) is 19.5. The highest BCUT2D eigenvalue weighted by Gasteiger charge is 2.32. The number of ether oxygens (including phenoxy) is 1. The number of nitrogens with one attached hydrogen (secondary N) is 1. The molecule has 0 amide bonds. The van der Waals surface area contributed by atoms with Gasteiger partial charge in [0, 0.05) is 32.3 Å². The van der Waals surface area contributed by atoms with E-state index >= 15 is 0 Å². The summed E-state index contributed by atoms with van der Waals surface area (Å²) >= 11 is 1.27. The van der Waals surface area contributed by atoms with Crippen LogP contribution in [0.1, 0.15) is 34.6 Å². The minimum atomic E-state index is -4.01. The molecule has 10 heteroatoms. The first-order chi connectivity index (χ1) is 14.3. The molecule has 1 N–H and O–H groups in total. The van der Waals surface area contributed by atoms with Gasteiger partial charge >= 0.3 is 5.97 Å². The van der Waals surface area contributed by atoms with Gasteiger partial charge in [0.2, 0.25) is 10.0 Å². The lowest BCUT2D eigenvalue weighted by Gasteiger charge is -2.26. The standard InChI is InChI=1S/C21H24N2O6S2/c1-12(2)19(20(24)29-21(3,4)5)22-31(27,28)14-7-9-16-15-8-6-13(23(25)26)10-17(15)30-18(16)11-14/h6-12,19,22H,1-5H3. The average molecular weight is 465 g/mol. The molecule has 0 spiro atoms. The van der Waals surface area contributed by atoms with E-state index in [-0.39, 0.29) is 16.5 Å². The summed E-state index contributed by atoms with van der Waals surface area (Å²) in [5.41, 5.74) is -0.764. The van der Waals surface area contributed by atoms with Gasteiger partial charge in [0.1, 0.15) is 11.6 Å². The highest BCUT2D eigenvalue weighted by atomic mass is 32.2. The zero-order valence-electron chi connectivity index (χ0n) is 17.8. The van der Waals surface area contributed by atoms with E-state index in [2.05, 4.69) is 4.72 Å². The summed E-state index contributed by atoms with van der Waals surface area (Å²) in [5, 5.41) is 12.7. The smallest absolute Gasteiger partial charge is 0.324 e.